The van der Waals surface area contributed by atoms with Crippen LogP contribution in [0.3, 0.4) is 0 Å². The number of hydrogen-bond donors (Lipinski definition) is 3. The van der Waals surface area contributed by atoms with Crippen LogP contribution in [0.25, 0.3) is 0 Å². The zero-order chi connectivity index (χ0) is 13.0. The molecule has 2 rings (SSSR count). The topological polar surface area (TPSA) is 99.7 Å². The van der Waals surface area contributed by atoms with E-state index in [1.165, 1.54) is 0 Å². The molecule has 1 heterocycles. The largest absolute Gasteiger partial charge is 0.338 e. The Hall–Kier alpha value is -2.72. The van der Waals surface area contributed by atoms with Gasteiger partial charge in [0.25, 0.3) is 0 Å². The lowest BCUT2D eigenvalue weighted by Gasteiger charge is -2.07. The molecule has 0 amide bonds. The number of nitriles is 1. The summed E-state index contributed by atoms with van der Waals surface area (Å²) >= 11 is 0. The first-order valence-electron chi connectivity index (χ1n) is 4.99. The molecule has 0 atom stereocenters. The van der Waals surface area contributed by atoms with Gasteiger partial charge in [0.05, 0.1) is 17.8 Å². The van der Waals surface area contributed by atoms with Gasteiger partial charge in [0.15, 0.2) is 11.6 Å². The van der Waals surface area contributed by atoms with Crippen molar-refractivity contribution in [1.29, 1.82) is 5.26 Å². The number of aromatic nitrogens is 2. The minimum atomic E-state index is -0.614. The van der Waals surface area contributed by atoms with Crippen molar-refractivity contribution in [1.82, 2.24) is 9.97 Å². The van der Waals surface area contributed by atoms with Crippen molar-refractivity contribution in [3.63, 3.8) is 0 Å². The summed E-state index contributed by atoms with van der Waals surface area (Å²) in [5.41, 5.74) is 3.24. The average Bonchev–Trinajstić information content (AvgIpc) is 2.41. The number of nitrogens with two attached hydrogens (primary N) is 1. The maximum atomic E-state index is 13.5. The third-order valence-corrected chi connectivity index (χ3v) is 2.13. The predicted molar refractivity (Wildman–Crippen MR) is 64.2 cm³/mol. The lowest BCUT2D eigenvalue weighted by atomic mass is 10.2. The minimum absolute atomic E-state index is 0.0203. The smallest absolute Gasteiger partial charge is 0.239 e. The van der Waals surface area contributed by atoms with E-state index in [9.17, 15) is 4.39 Å². The number of nitrogens with one attached hydrogen (secondary N) is 2. The second-order valence-corrected chi connectivity index (χ2v) is 3.35. The Bertz CT molecular complexity index is 607. The molecule has 90 valence electrons. The SMILES string of the molecule is N#Cc1cccc(Nc2nc(NN)ncc2F)c1. The molecule has 1 aromatic heterocycles. The van der Waals surface area contributed by atoms with E-state index in [1.54, 1.807) is 24.3 Å². The molecule has 0 aliphatic rings. The van der Waals surface area contributed by atoms with E-state index in [0.717, 1.165) is 6.20 Å². The Morgan fingerprint density at radius 1 is 1.39 bits per heavy atom. The van der Waals surface area contributed by atoms with Gasteiger partial charge in [0.1, 0.15) is 0 Å². The van der Waals surface area contributed by atoms with E-state index >= 15 is 0 Å². The number of hydrazine groups is 1. The van der Waals surface area contributed by atoms with E-state index < -0.39 is 5.82 Å². The molecular weight excluding hydrogens is 235 g/mol. The van der Waals surface area contributed by atoms with Crippen LogP contribution in [-0.2, 0) is 0 Å². The van der Waals surface area contributed by atoms with Crippen LogP contribution in [0.5, 0.6) is 0 Å². The van der Waals surface area contributed by atoms with E-state index in [0.29, 0.717) is 11.3 Å². The molecule has 2 aromatic rings. The summed E-state index contributed by atoms with van der Waals surface area (Å²) in [5, 5.41) is 11.5. The van der Waals surface area contributed by atoms with Gasteiger partial charge < -0.3 is 5.32 Å². The van der Waals surface area contributed by atoms with Gasteiger partial charge in [-0.2, -0.15) is 10.2 Å². The fourth-order valence-corrected chi connectivity index (χ4v) is 1.33. The van der Waals surface area contributed by atoms with Crippen LogP contribution in [0.4, 0.5) is 21.8 Å². The van der Waals surface area contributed by atoms with E-state index in [2.05, 4.69) is 20.7 Å². The summed E-state index contributed by atoms with van der Waals surface area (Å²) in [6, 6.07) is 8.59. The van der Waals surface area contributed by atoms with Gasteiger partial charge in [-0.25, -0.2) is 15.2 Å². The molecule has 18 heavy (non-hydrogen) atoms. The molecule has 4 N–H and O–H groups in total. The second-order valence-electron chi connectivity index (χ2n) is 3.35. The highest BCUT2D eigenvalue weighted by Crippen LogP contribution is 2.18. The number of nitrogen functional groups attached to an aromatic ring is 1. The van der Waals surface area contributed by atoms with E-state index in [4.69, 9.17) is 11.1 Å². The normalized spacial score (nSPS) is 9.61. The summed E-state index contributed by atoms with van der Waals surface area (Å²) in [6.07, 6.45) is 0.999. The fraction of sp³-hybridized carbons (Fsp3) is 0. The molecule has 0 spiro atoms. The van der Waals surface area contributed by atoms with Crippen LogP contribution >= 0.6 is 0 Å². The second kappa shape index (κ2) is 5.07. The summed E-state index contributed by atoms with van der Waals surface area (Å²) in [7, 11) is 0. The summed E-state index contributed by atoms with van der Waals surface area (Å²) < 4.78 is 13.5. The van der Waals surface area contributed by atoms with Gasteiger partial charge in [-0.3, -0.25) is 5.43 Å². The molecule has 0 saturated carbocycles. The zero-order valence-corrected chi connectivity index (χ0v) is 9.18. The number of anilines is 3. The van der Waals surface area contributed by atoms with Crippen LogP contribution in [0.15, 0.2) is 30.5 Å². The van der Waals surface area contributed by atoms with Crippen molar-refractivity contribution in [2.24, 2.45) is 5.84 Å². The Labute approximate surface area is 102 Å². The van der Waals surface area contributed by atoms with Gasteiger partial charge in [-0.1, -0.05) is 6.07 Å². The highest BCUT2D eigenvalue weighted by molar-refractivity contribution is 5.59. The maximum Gasteiger partial charge on any atom is 0.239 e. The first kappa shape index (κ1) is 11.8. The first-order valence-corrected chi connectivity index (χ1v) is 4.99. The highest BCUT2D eigenvalue weighted by atomic mass is 19.1. The zero-order valence-electron chi connectivity index (χ0n) is 9.18. The third kappa shape index (κ3) is 2.50. The van der Waals surface area contributed by atoms with Crippen LogP contribution < -0.4 is 16.6 Å². The molecule has 0 unspecified atom stereocenters. The Kier molecular flexibility index (Phi) is 3.31. The number of rotatable bonds is 3. The number of benzene rings is 1. The molecule has 7 heteroatoms. The van der Waals surface area contributed by atoms with Crippen molar-refractivity contribution < 1.29 is 4.39 Å². The van der Waals surface area contributed by atoms with Crippen LogP contribution in [-0.4, -0.2) is 9.97 Å². The third-order valence-electron chi connectivity index (χ3n) is 2.13. The lowest BCUT2D eigenvalue weighted by Crippen LogP contribution is -2.12. The summed E-state index contributed by atoms with van der Waals surface area (Å²) in [6.45, 7) is 0. The summed E-state index contributed by atoms with van der Waals surface area (Å²) in [4.78, 5) is 7.44. The molecule has 0 radical (unpaired) electrons. The van der Waals surface area contributed by atoms with Gasteiger partial charge in [0.2, 0.25) is 5.95 Å². The number of hydrogen-bond acceptors (Lipinski definition) is 6. The van der Waals surface area contributed by atoms with Crippen LogP contribution in [0.2, 0.25) is 0 Å². The number of nitrogens with zero attached hydrogens (tertiary/aromatic N) is 3. The summed E-state index contributed by atoms with van der Waals surface area (Å²) in [5.74, 6) is 4.60. The van der Waals surface area contributed by atoms with Crippen molar-refractivity contribution in [2.45, 2.75) is 0 Å². The highest BCUT2D eigenvalue weighted by Gasteiger charge is 2.06. The number of halogens is 1. The van der Waals surface area contributed by atoms with Crippen molar-refractivity contribution >= 4 is 17.5 Å². The fourth-order valence-electron chi connectivity index (χ4n) is 1.33. The van der Waals surface area contributed by atoms with E-state index in [1.807, 2.05) is 6.07 Å². The maximum absolute atomic E-state index is 13.5. The molecule has 0 aliphatic carbocycles. The lowest BCUT2D eigenvalue weighted by molar-refractivity contribution is 0.619. The van der Waals surface area contributed by atoms with Gasteiger partial charge in [-0.05, 0) is 18.2 Å². The molecule has 0 bridgehead atoms. The van der Waals surface area contributed by atoms with Crippen LogP contribution in [0, 0.1) is 17.1 Å². The predicted octanol–water partition coefficient (Wildman–Crippen LogP) is 1.52. The molecule has 6 nitrogen and oxygen atoms in total. The quantitative estimate of drug-likeness (QED) is 0.559. The van der Waals surface area contributed by atoms with Crippen LogP contribution in [0.1, 0.15) is 5.56 Å². The molecular formula is C11H9FN6. The molecule has 0 saturated heterocycles. The van der Waals surface area contributed by atoms with Gasteiger partial charge in [-0.15, -0.1) is 0 Å². The van der Waals surface area contributed by atoms with Crippen molar-refractivity contribution in [3.8, 4) is 6.07 Å². The van der Waals surface area contributed by atoms with Gasteiger partial charge in [0, 0.05) is 5.69 Å². The first-order chi connectivity index (χ1) is 8.72. The molecule has 1 aromatic carbocycles. The minimum Gasteiger partial charge on any atom is -0.338 e. The Balaban J connectivity index is 2.30. The standard InChI is InChI=1S/C11H9FN6/c12-9-6-15-11(18-14)17-10(9)16-8-3-1-2-7(4-8)5-13/h1-4,6H,14H2,(H2,15,16,17,18). The molecule has 0 aliphatic heterocycles. The Morgan fingerprint density at radius 2 is 2.22 bits per heavy atom. The van der Waals surface area contributed by atoms with Crippen molar-refractivity contribution in [3.05, 3.63) is 41.8 Å². The monoisotopic (exact) mass is 244 g/mol. The average molecular weight is 244 g/mol. The Morgan fingerprint density at radius 3 is 2.94 bits per heavy atom. The van der Waals surface area contributed by atoms with Crippen molar-refractivity contribution in [2.75, 3.05) is 10.7 Å². The van der Waals surface area contributed by atoms with E-state index in [-0.39, 0.29) is 11.8 Å². The van der Waals surface area contributed by atoms with Gasteiger partial charge >= 0.3 is 0 Å². The molecule has 0 fully saturated rings.